The zero-order valence-electron chi connectivity index (χ0n) is 9.53. The molecule has 0 N–H and O–H groups in total. The zero-order valence-corrected chi connectivity index (χ0v) is 10.3. The van der Waals surface area contributed by atoms with Crippen LogP contribution >= 0.6 is 0 Å². The Labute approximate surface area is 100 Å². The highest BCUT2D eigenvalue weighted by molar-refractivity contribution is 7.95. The Bertz CT molecular complexity index is 574. The Morgan fingerprint density at radius 1 is 1.12 bits per heavy atom. The summed E-state index contributed by atoms with van der Waals surface area (Å²) in [5, 5.41) is 7.18. The molecular formula is C11H12N3O2S. The van der Waals surface area contributed by atoms with Crippen LogP contribution in [-0.4, -0.2) is 8.42 Å². The minimum absolute atomic E-state index is 0.0292. The van der Waals surface area contributed by atoms with E-state index in [1.54, 1.807) is 18.2 Å². The second-order valence-corrected chi connectivity index (χ2v) is 5.82. The molecule has 1 aromatic carbocycles. The van der Waals surface area contributed by atoms with Gasteiger partial charge in [-0.05, 0) is 17.4 Å². The lowest BCUT2D eigenvalue weighted by Gasteiger charge is -2.06. The normalized spacial score (nSPS) is 15.5. The predicted molar refractivity (Wildman–Crippen MR) is 62.5 cm³/mol. The molecule has 0 aliphatic carbocycles. The molecule has 0 saturated carbocycles. The predicted octanol–water partition coefficient (Wildman–Crippen LogP) is 2.27. The highest BCUT2D eigenvalue weighted by Gasteiger charge is 2.30. The maximum Gasteiger partial charge on any atom is 0.227 e. The minimum atomic E-state index is -3.61. The van der Waals surface area contributed by atoms with Crippen LogP contribution in [0.1, 0.15) is 13.8 Å². The first-order valence-electron chi connectivity index (χ1n) is 5.19. The third-order valence-electron chi connectivity index (χ3n) is 2.36. The van der Waals surface area contributed by atoms with Crippen molar-refractivity contribution in [1.82, 2.24) is 5.43 Å². The van der Waals surface area contributed by atoms with Gasteiger partial charge in [-0.3, -0.25) is 0 Å². The summed E-state index contributed by atoms with van der Waals surface area (Å²) in [4.78, 5) is 0.212. The summed E-state index contributed by atoms with van der Waals surface area (Å²) in [5.74, 6) is -0.0292. The Morgan fingerprint density at radius 3 is 2.35 bits per heavy atom. The molecule has 0 spiro atoms. The number of allylic oxidation sites excluding steroid dienone is 1. The van der Waals surface area contributed by atoms with Crippen molar-refractivity contribution in [2.75, 3.05) is 0 Å². The minimum Gasteiger partial charge on any atom is -0.217 e. The number of hydrogen-bond acceptors (Lipinski definition) is 4. The summed E-state index contributed by atoms with van der Waals surface area (Å²) < 4.78 is 24.6. The number of hydrogen-bond donors (Lipinski definition) is 0. The summed E-state index contributed by atoms with van der Waals surface area (Å²) in [7, 11) is -3.61. The van der Waals surface area contributed by atoms with Gasteiger partial charge in [0.25, 0.3) is 0 Å². The molecule has 0 unspecified atom stereocenters. The fraction of sp³-hybridized carbons (Fsp3) is 0.273. The molecule has 1 heterocycles. The first-order chi connectivity index (χ1) is 8.03. The molecule has 6 heteroatoms. The quantitative estimate of drug-likeness (QED) is 0.825. The van der Waals surface area contributed by atoms with E-state index in [4.69, 9.17) is 0 Å². The molecule has 5 nitrogen and oxygen atoms in total. The number of benzene rings is 1. The first-order valence-corrected chi connectivity index (χ1v) is 6.68. The van der Waals surface area contributed by atoms with Gasteiger partial charge in [-0.2, -0.15) is 0 Å². The first kappa shape index (κ1) is 11.8. The fourth-order valence-corrected chi connectivity index (χ4v) is 2.90. The number of rotatable bonds is 3. The van der Waals surface area contributed by atoms with Crippen molar-refractivity contribution in [3.05, 3.63) is 41.1 Å². The van der Waals surface area contributed by atoms with E-state index in [1.165, 1.54) is 12.1 Å². The summed E-state index contributed by atoms with van der Waals surface area (Å²) in [5.41, 5.74) is 4.05. The van der Waals surface area contributed by atoms with Gasteiger partial charge in [0.15, 0.2) is 0 Å². The number of nitrogens with zero attached hydrogens (tertiary/aromatic N) is 3. The lowest BCUT2D eigenvalue weighted by molar-refractivity contribution is 0.597. The Kier molecular flexibility index (Phi) is 2.97. The summed E-state index contributed by atoms with van der Waals surface area (Å²) in [6.07, 6.45) is 0. The van der Waals surface area contributed by atoms with E-state index in [0.29, 0.717) is 5.70 Å². The van der Waals surface area contributed by atoms with Crippen molar-refractivity contribution in [2.24, 2.45) is 16.3 Å². The van der Waals surface area contributed by atoms with Crippen LogP contribution in [-0.2, 0) is 9.84 Å². The van der Waals surface area contributed by atoms with E-state index < -0.39 is 9.84 Å². The molecule has 0 bridgehead atoms. The SMILES string of the molecule is CC(C)C1=C(S(=O)(=O)c2ccccc2)[N]N=N1. The van der Waals surface area contributed by atoms with E-state index in [9.17, 15) is 8.42 Å². The van der Waals surface area contributed by atoms with Crippen LogP contribution in [0.5, 0.6) is 0 Å². The maximum atomic E-state index is 12.3. The number of sulfone groups is 1. The molecule has 0 saturated heterocycles. The van der Waals surface area contributed by atoms with Crippen molar-refractivity contribution in [3.8, 4) is 0 Å². The molecule has 2 rings (SSSR count). The zero-order chi connectivity index (χ0) is 12.5. The third kappa shape index (κ3) is 2.08. The molecule has 89 valence electrons. The van der Waals surface area contributed by atoms with Gasteiger partial charge in [0.1, 0.15) is 5.70 Å². The van der Waals surface area contributed by atoms with Crippen LogP contribution in [0.15, 0.2) is 56.3 Å². The van der Waals surface area contributed by atoms with Gasteiger partial charge in [-0.1, -0.05) is 32.0 Å². The van der Waals surface area contributed by atoms with Crippen LogP contribution in [0.2, 0.25) is 0 Å². The molecule has 1 radical (unpaired) electrons. The van der Waals surface area contributed by atoms with Gasteiger partial charge < -0.3 is 0 Å². The van der Waals surface area contributed by atoms with Crippen molar-refractivity contribution >= 4 is 9.84 Å². The van der Waals surface area contributed by atoms with Crippen molar-refractivity contribution in [1.29, 1.82) is 0 Å². The standard InChI is InChI=1S/C11H12N3O2S/c1-8(2)10-11(13-14-12-10)17(15,16)9-6-4-3-5-7-9/h3-8H,1-2H3. The highest BCUT2D eigenvalue weighted by atomic mass is 32.2. The lowest BCUT2D eigenvalue weighted by Crippen LogP contribution is -2.12. The Balaban J connectivity index is 2.52. The van der Waals surface area contributed by atoms with Crippen LogP contribution in [0.3, 0.4) is 0 Å². The van der Waals surface area contributed by atoms with Gasteiger partial charge in [-0.25, -0.2) is 8.42 Å². The topological polar surface area (TPSA) is 73.0 Å². The van der Waals surface area contributed by atoms with E-state index in [1.807, 2.05) is 13.8 Å². The van der Waals surface area contributed by atoms with E-state index in [-0.39, 0.29) is 15.8 Å². The molecule has 1 aliphatic rings. The summed E-state index contributed by atoms with van der Waals surface area (Å²) in [6, 6.07) is 8.18. The molecule has 1 aromatic rings. The van der Waals surface area contributed by atoms with Gasteiger partial charge in [0.05, 0.1) is 4.90 Å². The monoisotopic (exact) mass is 250 g/mol. The molecule has 0 amide bonds. The largest absolute Gasteiger partial charge is 0.227 e. The van der Waals surface area contributed by atoms with Gasteiger partial charge >= 0.3 is 0 Å². The van der Waals surface area contributed by atoms with Gasteiger partial charge in [0.2, 0.25) is 14.9 Å². The molecule has 0 atom stereocenters. The van der Waals surface area contributed by atoms with E-state index in [2.05, 4.69) is 15.8 Å². The molecule has 1 aliphatic heterocycles. The molecule has 0 fully saturated rings. The fourth-order valence-electron chi connectivity index (χ4n) is 1.47. The van der Waals surface area contributed by atoms with E-state index in [0.717, 1.165) is 0 Å². The smallest absolute Gasteiger partial charge is 0.217 e. The second kappa shape index (κ2) is 4.29. The van der Waals surface area contributed by atoms with E-state index >= 15 is 0 Å². The van der Waals surface area contributed by atoms with Crippen LogP contribution in [0.4, 0.5) is 0 Å². The van der Waals surface area contributed by atoms with Crippen molar-refractivity contribution < 1.29 is 8.42 Å². The highest BCUT2D eigenvalue weighted by Crippen LogP contribution is 2.28. The molecule has 17 heavy (non-hydrogen) atoms. The second-order valence-electron chi connectivity index (χ2n) is 3.95. The molecule has 0 aromatic heterocycles. The third-order valence-corrected chi connectivity index (χ3v) is 4.05. The van der Waals surface area contributed by atoms with Crippen LogP contribution in [0.25, 0.3) is 0 Å². The van der Waals surface area contributed by atoms with Gasteiger partial charge in [-0.15, -0.1) is 10.5 Å². The van der Waals surface area contributed by atoms with Crippen LogP contribution < -0.4 is 5.43 Å². The van der Waals surface area contributed by atoms with Crippen molar-refractivity contribution in [3.63, 3.8) is 0 Å². The maximum absolute atomic E-state index is 12.3. The summed E-state index contributed by atoms with van der Waals surface area (Å²) in [6.45, 7) is 3.71. The molecular weight excluding hydrogens is 238 g/mol. The Morgan fingerprint density at radius 2 is 1.76 bits per heavy atom. The van der Waals surface area contributed by atoms with Gasteiger partial charge in [0, 0.05) is 5.92 Å². The van der Waals surface area contributed by atoms with Crippen LogP contribution in [0, 0.1) is 5.92 Å². The average Bonchev–Trinajstić information content (AvgIpc) is 2.80. The average molecular weight is 250 g/mol. The Hall–Kier alpha value is -1.69. The van der Waals surface area contributed by atoms with Crippen molar-refractivity contribution in [2.45, 2.75) is 18.7 Å². The summed E-state index contributed by atoms with van der Waals surface area (Å²) >= 11 is 0. The lowest BCUT2D eigenvalue weighted by atomic mass is 10.2.